The highest BCUT2D eigenvalue weighted by atomic mass is 19.1. The van der Waals surface area contributed by atoms with Crippen LogP contribution < -0.4 is 5.32 Å². The van der Waals surface area contributed by atoms with Gasteiger partial charge in [-0.25, -0.2) is 4.39 Å². The van der Waals surface area contributed by atoms with Crippen LogP contribution in [0.2, 0.25) is 0 Å². The Balaban J connectivity index is 0.00000154. The quantitative estimate of drug-likeness (QED) is 0.786. The zero-order valence-electron chi connectivity index (χ0n) is 12.0. The third kappa shape index (κ3) is 5.09. The number of halogens is 1. The van der Waals surface area contributed by atoms with E-state index in [1.807, 2.05) is 19.9 Å². The number of hydrogen-bond donors (Lipinski definition) is 1. The zero-order chi connectivity index (χ0) is 14.9. The molecule has 1 N–H and O–H groups in total. The molecule has 1 saturated carbocycles. The van der Waals surface area contributed by atoms with Crippen molar-refractivity contribution in [3.05, 3.63) is 35.8 Å². The van der Waals surface area contributed by atoms with Crippen LogP contribution in [-0.2, 0) is 4.79 Å². The monoisotopic (exact) mass is 264 g/mol. The lowest BCUT2D eigenvalue weighted by molar-refractivity contribution is -0.123. The largest absolute Gasteiger partial charge is 0.325 e. The minimum Gasteiger partial charge on any atom is -0.325 e. The van der Waals surface area contributed by atoms with E-state index in [2.05, 4.69) is 5.32 Å². The lowest BCUT2D eigenvalue weighted by Gasteiger charge is -2.08. The van der Waals surface area contributed by atoms with Crippen LogP contribution in [0.25, 0.3) is 0 Å². The van der Waals surface area contributed by atoms with Gasteiger partial charge in [-0.1, -0.05) is 26.0 Å². The summed E-state index contributed by atoms with van der Waals surface area (Å²) in [6, 6.07) is 2.01. The van der Waals surface area contributed by atoms with E-state index in [0.29, 0.717) is 18.5 Å². The molecule has 0 bridgehead atoms. The number of hydrogen-bond acceptors (Lipinski definition) is 2. The number of nitrogens with zero attached hydrogens (tertiary/aromatic N) is 1. The van der Waals surface area contributed by atoms with Gasteiger partial charge in [-0.05, 0) is 38.8 Å². The highest BCUT2D eigenvalue weighted by Gasteiger charge is 2.50. The van der Waals surface area contributed by atoms with E-state index >= 15 is 0 Å². The molecular weight excluding hydrogens is 243 g/mol. The number of carbonyl (C=O) groups excluding carboxylic acids is 1. The van der Waals surface area contributed by atoms with Crippen molar-refractivity contribution in [2.75, 3.05) is 0 Å². The molecule has 0 radical (unpaired) electrons. The van der Waals surface area contributed by atoms with Crippen LogP contribution in [0.1, 0.15) is 40.5 Å². The Morgan fingerprint density at radius 1 is 1.26 bits per heavy atom. The predicted octanol–water partition coefficient (Wildman–Crippen LogP) is 3.77. The van der Waals surface area contributed by atoms with Crippen molar-refractivity contribution < 1.29 is 9.18 Å². The second-order valence-corrected chi connectivity index (χ2v) is 3.90. The molecule has 0 aliphatic heterocycles. The van der Waals surface area contributed by atoms with E-state index in [0.717, 1.165) is 0 Å². The smallest absolute Gasteiger partial charge is 0.244 e. The summed E-state index contributed by atoms with van der Waals surface area (Å²) in [5, 5.41) is 11.5. The lowest BCUT2D eigenvalue weighted by atomic mass is 10.1. The molecule has 1 amide bonds. The Morgan fingerprint density at radius 3 is 2.21 bits per heavy atom. The topological polar surface area (TPSA) is 52.9 Å². The van der Waals surface area contributed by atoms with Crippen LogP contribution in [0.5, 0.6) is 0 Å². The molecule has 104 valence electrons. The van der Waals surface area contributed by atoms with Crippen molar-refractivity contribution in [2.45, 2.75) is 40.5 Å². The van der Waals surface area contributed by atoms with Gasteiger partial charge in [-0.2, -0.15) is 5.26 Å². The van der Waals surface area contributed by atoms with Gasteiger partial charge in [0.1, 0.15) is 11.2 Å². The molecule has 0 aromatic carbocycles. The molecule has 0 aromatic heterocycles. The summed E-state index contributed by atoms with van der Waals surface area (Å²) in [7, 11) is 0. The second kappa shape index (κ2) is 8.25. The number of nitrogens with one attached hydrogen (secondary N) is 1. The molecular formula is C15H21FN2O. The van der Waals surface area contributed by atoms with Crippen molar-refractivity contribution in [1.29, 1.82) is 5.26 Å². The van der Waals surface area contributed by atoms with E-state index in [-0.39, 0.29) is 11.7 Å². The summed E-state index contributed by atoms with van der Waals surface area (Å²) in [6.07, 6.45) is 6.91. The molecule has 3 nitrogen and oxygen atoms in total. The first-order chi connectivity index (χ1) is 9.07. The SMILES string of the molecule is C/C=C(F)/C=C\C(=C/C)NC(=O)C1(C#N)CC1.CC. The van der Waals surface area contributed by atoms with Crippen molar-refractivity contribution in [1.82, 2.24) is 5.32 Å². The van der Waals surface area contributed by atoms with Crippen molar-refractivity contribution in [3.8, 4) is 6.07 Å². The Bertz CT molecular complexity index is 438. The predicted molar refractivity (Wildman–Crippen MR) is 74.5 cm³/mol. The normalized spacial score (nSPS) is 17.3. The number of nitriles is 1. The van der Waals surface area contributed by atoms with Crippen LogP contribution in [0.3, 0.4) is 0 Å². The number of allylic oxidation sites excluding steroid dienone is 5. The maximum atomic E-state index is 12.9. The van der Waals surface area contributed by atoms with E-state index in [4.69, 9.17) is 5.26 Å². The zero-order valence-corrected chi connectivity index (χ0v) is 12.0. The van der Waals surface area contributed by atoms with Crippen LogP contribution >= 0.6 is 0 Å². The number of carbonyl (C=O) groups is 1. The molecule has 0 atom stereocenters. The summed E-state index contributed by atoms with van der Waals surface area (Å²) in [4.78, 5) is 11.7. The molecule has 1 fully saturated rings. The van der Waals surface area contributed by atoms with Gasteiger partial charge in [0.15, 0.2) is 0 Å². The van der Waals surface area contributed by atoms with Crippen LogP contribution in [0, 0.1) is 16.7 Å². The van der Waals surface area contributed by atoms with Gasteiger partial charge in [-0.3, -0.25) is 4.79 Å². The van der Waals surface area contributed by atoms with Gasteiger partial charge in [0.05, 0.1) is 6.07 Å². The molecule has 19 heavy (non-hydrogen) atoms. The van der Waals surface area contributed by atoms with Crippen molar-refractivity contribution in [2.24, 2.45) is 5.41 Å². The van der Waals surface area contributed by atoms with Gasteiger partial charge in [0.2, 0.25) is 5.91 Å². The van der Waals surface area contributed by atoms with E-state index in [1.165, 1.54) is 18.2 Å². The van der Waals surface area contributed by atoms with E-state index in [9.17, 15) is 9.18 Å². The first-order valence-corrected chi connectivity index (χ1v) is 6.47. The van der Waals surface area contributed by atoms with Crippen molar-refractivity contribution in [3.63, 3.8) is 0 Å². The minimum atomic E-state index is -0.860. The van der Waals surface area contributed by atoms with Crippen LogP contribution in [0.15, 0.2) is 35.8 Å². The highest BCUT2D eigenvalue weighted by molar-refractivity contribution is 5.89. The fourth-order valence-electron chi connectivity index (χ4n) is 1.24. The molecule has 1 aliphatic carbocycles. The van der Waals surface area contributed by atoms with Gasteiger partial charge >= 0.3 is 0 Å². The van der Waals surface area contributed by atoms with Crippen LogP contribution in [0.4, 0.5) is 4.39 Å². The fraction of sp³-hybridized carbons (Fsp3) is 0.467. The average molecular weight is 264 g/mol. The second-order valence-electron chi connectivity index (χ2n) is 3.90. The maximum Gasteiger partial charge on any atom is 0.244 e. The first kappa shape index (κ1) is 17.1. The Labute approximate surface area is 114 Å². The average Bonchev–Trinajstić information content (AvgIpc) is 3.26. The first-order valence-electron chi connectivity index (χ1n) is 6.47. The minimum absolute atomic E-state index is 0.307. The molecule has 4 heteroatoms. The van der Waals surface area contributed by atoms with Crippen molar-refractivity contribution >= 4 is 5.91 Å². The van der Waals surface area contributed by atoms with Gasteiger partial charge < -0.3 is 5.32 Å². The van der Waals surface area contributed by atoms with Gasteiger partial charge in [-0.15, -0.1) is 0 Å². The lowest BCUT2D eigenvalue weighted by Crippen LogP contribution is -2.30. The Morgan fingerprint density at radius 2 is 1.84 bits per heavy atom. The summed E-state index contributed by atoms with van der Waals surface area (Å²) < 4.78 is 12.9. The van der Waals surface area contributed by atoms with Gasteiger partial charge in [0.25, 0.3) is 0 Å². The van der Waals surface area contributed by atoms with E-state index < -0.39 is 5.41 Å². The molecule has 0 heterocycles. The third-order valence-corrected chi connectivity index (χ3v) is 2.67. The standard InChI is InChI=1S/C13H15FN2O.C2H6/c1-3-10(14)5-6-11(4-2)16-12(17)13(9-15)7-8-13;1-2/h3-6H,7-8H2,1-2H3,(H,16,17);1-2H3/b6-5-,10-3-,11-4+;. The maximum absolute atomic E-state index is 12.9. The number of amides is 1. The van der Waals surface area contributed by atoms with Gasteiger partial charge in [0, 0.05) is 5.70 Å². The fourth-order valence-corrected chi connectivity index (χ4v) is 1.24. The molecule has 0 unspecified atom stereocenters. The number of rotatable bonds is 4. The molecule has 1 aliphatic rings. The van der Waals surface area contributed by atoms with E-state index in [1.54, 1.807) is 19.9 Å². The van der Waals surface area contributed by atoms with Crippen LogP contribution in [-0.4, -0.2) is 5.91 Å². The highest BCUT2D eigenvalue weighted by Crippen LogP contribution is 2.45. The summed E-state index contributed by atoms with van der Waals surface area (Å²) >= 11 is 0. The summed E-state index contributed by atoms with van der Waals surface area (Å²) in [5.41, 5.74) is -0.366. The molecule has 0 saturated heterocycles. The third-order valence-electron chi connectivity index (χ3n) is 2.67. The molecule has 1 rings (SSSR count). The molecule has 0 spiro atoms. The summed E-state index contributed by atoms with van der Waals surface area (Å²) in [6.45, 7) is 7.32. The summed E-state index contributed by atoms with van der Waals surface area (Å²) in [5.74, 6) is -0.682. The molecule has 0 aromatic rings. The Kier molecular flexibility index (Phi) is 7.43. The Hall–Kier alpha value is -1.89.